The van der Waals surface area contributed by atoms with Crippen LogP contribution < -0.4 is 10.9 Å². The molecule has 1 amide bonds. The van der Waals surface area contributed by atoms with Gasteiger partial charge in [-0.1, -0.05) is 12.1 Å². The number of hydrogen-bond acceptors (Lipinski definition) is 4. The molecule has 1 saturated heterocycles. The highest BCUT2D eigenvalue weighted by Gasteiger charge is 2.30. The van der Waals surface area contributed by atoms with E-state index in [1.54, 1.807) is 4.90 Å². The van der Waals surface area contributed by atoms with Gasteiger partial charge in [-0.15, -0.1) is 0 Å². The molecular weight excluding hydrogens is 321 g/mol. The standard InChI is InChI=1S/C16H23F3N4O/c1-22(2)9-10-23(15(24)14-7-8-20-21-14)11-12-3-5-13(6-4-12)16(17,18)19/h3-6,14,20-21H,7-11H2,1-2H3. The minimum atomic E-state index is -4.35. The van der Waals surface area contributed by atoms with E-state index >= 15 is 0 Å². The Hall–Kier alpha value is -1.64. The lowest BCUT2D eigenvalue weighted by molar-refractivity contribution is -0.137. The van der Waals surface area contributed by atoms with Crippen molar-refractivity contribution in [2.24, 2.45) is 0 Å². The van der Waals surface area contributed by atoms with Gasteiger partial charge in [-0.25, -0.2) is 5.43 Å². The summed E-state index contributed by atoms with van der Waals surface area (Å²) in [5, 5.41) is 0. The molecule has 1 aromatic rings. The number of carbonyl (C=O) groups excluding carboxylic acids is 1. The summed E-state index contributed by atoms with van der Waals surface area (Å²) in [6.45, 7) is 2.22. The Morgan fingerprint density at radius 3 is 2.38 bits per heavy atom. The number of hydrogen-bond donors (Lipinski definition) is 2. The van der Waals surface area contributed by atoms with Gasteiger partial charge in [-0.3, -0.25) is 10.2 Å². The maximum Gasteiger partial charge on any atom is 0.416 e. The van der Waals surface area contributed by atoms with Crippen LogP contribution in [0.5, 0.6) is 0 Å². The highest BCUT2D eigenvalue weighted by atomic mass is 19.4. The molecular formula is C16H23F3N4O. The van der Waals surface area contributed by atoms with Crippen LogP contribution in [0.25, 0.3) is 0 Å². The largest absolute Gasteiger partial charge is 0.416 e. The summed E-state index contributed by atoms with van der Waals surface area (Å²) < 4.78 is 37.9. The molecule has 2 N–H and O–H groups in total. The zero-order chi connectivity index (χ0) is 17.7. The van der Waals surface area contributed by atoms with Crippen LogP contribution >= 0.6 is 0 Å². The highest BCUT2D eigenvalue weighted by Crippen LogP contribution is 2.29. The molecule has 0 aromatic heterocycles. The first kappa shape index (κ1) is 18.7. The topological polar surface area (TPSA) is 47.6 Å². The quantitative estimate of drug-likeness (QED) is 0.820. The lowest BCUT2D eigenvalue weighted by atomic mass is 10.1. The number of halogens is 3. The van der Waals surface area contributed by atoms with Gasteiger partial charge in [0, 0.05) is 26.2 Å². The van der Waals surface area contributed by atoms with Crippen LogP contribution in [0.3, 0.4) is 0 Å². The highest BCUT2D eigenvalue weighted by molar-refractivity contribution is 5.82. The molecule has 1 aliphatic rings. The van der Waals surface area contributed by atoms with E-state index in [0.29, 0.717) is 31.6 Å². The van der Waals surface area contributed by atoms with E-state index in [1.807, 2.05) is 19.0 Å². The van der Waals surface area contributed by atoms with Crippen molar-refractivity contribution in [2.45, 2.75) is 25.2 Å². The number of alkyl halides is 3. The predicted molar refractivity (Wildman–Crippen MR) is 85.0 cm³/mol. The Labute approximate surface area is 139 Å². The Bertz CT molecular complexity index is 539. The maximum absolute atomic E-state index is 12.6. The molecule has 1 aromatic carbocycles. The summed E-state index contributed by atoms with van der Waals surface area (Å²) in [7, 11) is 3.83. The minimum Gasteiger partial charge on any atom is -0.336 e. The van der Waals surface area contributed by atoms with Crippen molar-refractivity contribution in [1.82, 2.24) is 20.7 Å². The van der Waals surface area contributed by atoms with Crippen molar-refractivity contribution in [2.75, 3.05) is 33.7 Å². The lowest BCUT2D eigenvalue weighted by Gasteiger charge is -2.27. The summed E-state index contributed by atoms with van der Waals surface area (Å²) in [4.78, 5) is 16.3. The fourth-order valence-corrected chi connectivity index (χ4v) is 2.50. The Kier molecular flexibility index (Phi) is 6.20. The van der Waals surface area contributed by atoms with E-state index in [0.717, 1.165) is 18.7 Å². The van der Waals surface area contributed by atoms with Crippen molar-refractivity contribution in [1.29, 1.82) is 0 Å². The summed E-state index contributed by atoms with van der Waals surface area (Å²) in [6.07, 6.45) is -3.65. The minimum absolute atomic E-state index is 0.0400. The molecule has 0 saturated carbocycles. The number of nitrogens with one attached hydrogen (secondary N) is 2. The zero-order valence-electron chi connectivity index (χ0n) is 13.9. The van der Waals surface area contributed by atoms with E-state index in [9.17, 15) is 18.0 Å². The molecule has 1 fully saturated rings. The van der Waals surface area contributed by atoms with Crippen LogP contribution in [0.4, 0.5) is 13.2 Å². The lowest BCUT2D eigenvalue weighted by Crippen LogP contribution is -2.47. The molecule has 1 unspecified atom stereocenters. The average molecular weight is 344 g/mol. The third-order valence-corrected chi connectivity index (χ3v) is 3.92. The van der Waals surface area contributed by atoms with Gasteiger partial charge in [0.1, 0.15) is 6.04 Å². The molecule has 1 heterocycles. The molecule has 2 rings (SSSR count). The second kappa shape index (κ2) is 7.96. The van der Waals surface area contributed by atoms with Crippen LogP contribution in [0.15, 0.2) is 24.3 Å². The molecule has 0 radical (unpaired) electrons. The van der Waals surface area contributed by atoms with Crippen molar-refractivity contribution in [3.05, 3.63) is 35.4 Å². The van der Waals surface area contributed by atoms with Gasteiger partial charge in [0.05, 0.1) is 5.56 Å². The molecule has 1 atom stereocenters. The Morgan fingerprint density at radius 1 is 1.21 bits per heavy atom. The molecule has 0 bridgehead atoms. The number of rotatable bonds is 6. The summed E-state index contributed by atoms with van der Waals surface area (Å²) in [5.41, 5.74) is 5.86. The molecule has 8 heteroatoms. The molecule has 24 heavy (non-hydrogen) atoms. The van der Waals surface area contributed by atoms with E-state index in [1.165, 1.54) is 12.1 Å². The zero-order valence-corrected chi connectivity index (χ0v) is 13.9. The van der Waals surface area contributed by atoms with Crippen molar-refractivity contribution in [3.63, 3.8) is 0 Å². The first-order valence-corrected chi connectivity index (χ1v) is 7.85. The smallest absolute Gasteiger partial charge is 0.336 e. The van der Waals surface area contributed by atoms with Crippen molar-refractivity contribution >= 4 is 5.91 Å². The Balaban J connectivity index is 2.07. The second-order valence-corrected chi connectivity index (χ2v) is 6.17. The SMILES string of the molecule is CN(C)CCN(Cc1ccc(C(F)(F)F)cc1)C(=O)C1CCNN1. The maximum atomic E-state index is 12.6. The number of nitrogens with zero attached hydrogens (tertiary/aromatic N) is 2. The Morgan fingerprint density at radius 2 is 1.88 bits per heavy atom. The fraction of sp³-hybridized carbons (Fsp3) is 0.562. The van der Waals surface area contributed by atoms with Gasteiger partial charge in [-0.2, -0.15) is 13.2 Å². The van der Waals surface area contributed by atoms with Crippen molar-refractivity contribution in [3.8, 4) is 0 Å². The molecule has 134 valence electrons. The van der Waals surface area contributed by atoms with E-state index in [2.05, 4.69) is 10.9 Å². The molecule has 0 aliphatic carbocycles. The summed E-state index contributed by atoms with van der Waals surface area (Å²) >= 11 is 0. The molecule has 5 nitrogen and oxygen atoms in total. The molecule has 0 spiro atoms. The van der Waals surface area contributed by atoms with Gasteiger partial charge in [0.15, 0.2) is 0 Å². The summed E-state index contributed by atoms with van der Waals surface area (Å²) in [6, 6.07) is 4.68. The van der Waals surface area contributed by atoms with Gasteiger partial charge >= 0.3 is 6.18 Å². The number of amides is 1. The molecule has 1 aliphatic heterocycles. The number of carbonyl (C=O) groups is 1. The third-order valence-electron chi connectivity index (χ3n) is 3.92. The van der Waals surface area contributed by atoms with Gasteiger partial charge in [0.25, 0.3) is 0 Å². The fourth-order valence-electron chi connectivity index (χ4n) is 2.50. The monoisotopic (exact) mass is 344 g/mol. The second-order valence-electron chi connectivity index (χ2n) is 6.17. The normalized spacial score (nSPS) is 18.2. The van der Waals surface area contributed by atoms with Crippen LogP contribution in [0, 0.1) is 0 Å². The van der Waals surface area contributed by atoms with Crippen LogP contribution in [0.2, 0.25) is 0 Å². The number of likely N-dealkylation sites (N-methyl/N-ethyl adjacent to an activating group) is 1. The van der Waals surface area contributed by atoms with Gasteiger partial charge in [0.2, 0.25) is 5.91 Å². The first-order valence-electron chi connectivity index (χ1n) is 7.85. The number of hydrazine groups is 1. The van der Waals surface area contributed by atoms with Gasteiger partial charge in [-0.05, 0) is 38.2 Å². The number of benzene rings is 1. The van der Waals surface area contributed by atoms with Crippen molar-refractivity contribution < 1.29 is 18.0 Å². The third kappa shape index (κ3) is 5.19. The van der Waals surface area contributed by atoms with Crippen LogP contribution in [-0.2, 0) is 17.5 Å². The van der Waals surface area contributed by atoms with E-state index < -0.39 is 11.7 Å². The van der Waals surface area contributed by atoms with Crippen LogP contribution in [0.1, 0.15) is 17.5 Å². The predicted octanol–water partition coefficient (Wildman–Crippen LogP) is 1.46. The first-order chi connectivity index (χ1) is 11.3. The van der Waals surface area contributed by atoms with E-state index in [-0.39, 0.29) is 11.9 Å². The average Bonchev–Trinajstić information content (AvgIpc) is 3.04. The van der Waals surface area contributed by atoms with E-state index in [4.69, 9.17) is 0 Å². The summed E-state index contributed by atoms with van der Waals surface area (Å²) in [5.74, 6) is -0.0400. The van der Waals surface area contributed by atoms with Crippen LogP contribution in [-0.4, -0.2) is 55.5 Å². The van der Waals surface area contributed by atoms with Gasteiger partial charge < -0.3 is 9.80 Å².